The summed E-state index contributed by atoms with van der Waals surface area (Å²) in [5, 5.41) is 19.8. The maximum atomic E-state index is 5.62. The lowest BCUT2D eigenvalue weighted by atomic mass is 9.91. The highest BCUT2D eigenvalue weighted by molar-refractivity contribution is 7.80. The fraction of sp³-hybridized carbons (Fsp3) is 0.452. The number of nitrogens with zero attached hydrogens (tertiary/aromatic N) is 6. The molecule has 0 saturated heterocycles. The smallest absolute Gasteiger partial charge is 0.225 e. The molecule has 9 nitrogen and oxygen atoms in total. The van der Waals surface area contributed by atoms with Crippen molar-refractivity contribution in [2.45, 2.75) is 63.5 Å². The molecule has 1 heterocycles. The van der Waals surface area contributed by atoms with Crippen LogP contribution < -0.4 is 25.8 Å². The van der Waals surface area contributed by atoms with Gasteiger partial charge in [0.15, 0.2) is 5.11 Å². The van der Waals surface area contributed by atoms with Crippen molar-refractivity contribution < 1.29 is 0 Å². The number of nitrogens with one attached hydrogen (secondary N) is 3. The van der Waals surface area contributed by atoms with Gasteiger partial charge in [-0.1, -0.05) is 0 Å². The summed E-state index contributed by atoms with van der Waals surface area (Å²) in [4.78, 5) is 14.0. The zero-order chi connectivity index (χ0) is 28.8. The van der Waals surface area contributed by atoms with Gasteiger partial charge in [0.25, 0.3) is 0 Å². The van der Waals surface area contributed by atoms with Crippen molar-refractivity contribution in [1.29, 1.82) is 0 Å². The van der Waals surface area contributed by atoms with E-state index in [-0.39, 0.29) is 0 Å². The SMILES string of the molecule is CN(C)c1ccc(N=Nc2ccc(NC(=S)NC3CCC(Nc4nc5c(c(N(C)C)n4)CCCC5)CC3)cc2)cc1. The summed E-state index contributed by atoms with van der Waals surface area (Å²) in [6.07, 6.45) is 8.75. The van der Waals surface area contributed by atoms with Crippen molar-refractivity contribution in [3.05, 3.63) is 59.8 Å². The first-order valence-corrected chi connectivity index (χ1v) is 15.0. The van der Waals surface area contributed by atoms with Crippen LogP contribution >= 0.6 is 12.2 Å². The van der Waals surface area contributed by atoms with Gasteiger partial charge >= 0.3 is 0 Å². The third-order valence-electron chi connectivity index (χ3n) is 7.75. The minimum Gasteiger partial charge on any atom is -0.378 e. The minimum atomic E-state index is 0.349. The normalized spacial score (nSPS) is 18.4. The number of aryl methyl sites for hydroxylation is 1. The van der Waals surface area contributed by atoms with Crippen molar-refractivity contribution >= 4 is 51.8 Å². The van der Waals surface area contributed by atoms with E-state index in [2.05, 4.69) is 50.1 Å². The van der Waals surface area contributed by atoms with Crippen molar-refractivity contribution in [3.8, 4) is 0 Å². The highest BCUT2D eigenvalue weighted by Gasteiger charge is 2.24. The zero-order valence-electron chi connectivity index (χ0n) is 24.5. The van der Waals surface area contributed by atoms with E-state index < -0.39 is 0 Å². The molecule has 0 spiro atoms. The Bertz CT molecular complexity index is 1350. The van der Waals surface area contributed by atoms with E-state index in [4.69, 9.17) is 22.2 Å². The molecule has 0 radical (unpaired) electrons. The monoisotopic (exact) mass is 571 g/mol. The third-order valence-corrected chi connectivity index (χ3v) is 7.97. The molecule has 10 heteroatoms. The van der Waals surface area contributed by atoms with Crippen molar-refractivity contribution in [1.82, 2.24) is 15.3 Å². The van der Waals surface area contributed by atoms with Gasteiger partial charge in [0, 0.05) is 57.2 Å². The topological polar surface area (TPSA) is 93.1 Å². The molecule has 2 aliphatic rings. The van der Waals surface area contributed by atoms with Gasteiger partial charge in [0.05, 0.1) is 17.1 Å². The van der Waals surface area contributed by atoms with Crippen LogP contribution in [0.3, 0.4) is 0 Å². The Morgan fingerprint density at radius 3 is 2.02 bits per heavy atom. The van der Waals surface area contributed by atoms with Crippen LogP contribution in [0.4, 0.5) is 34.5 Å². The molecule has 0 unspecified atom stereocenters. The number of benzene rings is 2. The number of rotatable bonds is 8. The van der Waals surface area contributed by atoms with E-state index in [1.165, 1.54) is 24.1 Å². The zero-order valence-corrected chi connectivity index (χ0v) is 25.3. The van der Waals surface area contributed by atoms with Gasteiger partial charge in [-0.05, 0) is 112 Å². The van der Waals surface area contributed by atoms with Crippen LogP contribution in [0.5, 0.6) is 0 Å². The van der Waals surface area contributed by atoms with Crippen molar-refractivity contribution in [2.24, 2.45) is 10.2 Å². The van der Waals surface area contributed by atoms with E-state index in [0.29, 0.717) is 17.2 Å². The average Bonchev–Trinajstić information content (AvgIpc) is 2.97. The Kier molecular flexibility index (Phi) is 9.28. The number of fused-ring (bicyclic) bond motifs is 1. The first kappa shape index (κ1) is 28.7. The van der Waals surface area contributed by atoms with Gasteiger partial charge in [-0.2, -0.15) is 15.2 Å². The minimum absolute atomic E-state index is 0.349. The molecule has 0 atom stereocenters. The fourth-order valence-electron chi connectivity index (χ4n) is 5.47. The summed E-state index contributed by atoms with van der Waals surface area (Å²) in [5.41, 5.74) is 6.21. The Morgan fingerprint density at radius 2 is 1.39 bits per heavy atom. The Balaban J connectivity index is 1.07. The molecule has 3 aromatic rings. The van der Waals surface area contributed by atoms with Crippen molar-refractivity contribution in [2.75, 3.05) is 48.6 Å². The molecule has 5 rings (SSSR count). The Morgan fingerprint density at radius 1 is 0.780 bits per heavy atom. The van der Waals surface area contributed by atoms with Gasteiger partial charge in [0.1, 0.15) is 5.82 Å². The molecule has 0 bridgehead atoms. The molecule has 2 aliphatic carbocycles. The highest BCUT2D eigenvalue weighted by atomic mass is 32.1. The number of thiocarbonyl (C=S) groups is 1. The van der Waals surface area contributed by atoms with Crippen LogP contribution in [0.25, 0.3) is 0 Å². The van der Waals surface area contributed by atoms with E-state index in [0.717, 1.165) is 73.0 Å². The summed E-state index contributed by atoms with van der Waals surface area (Å²) in [5.74, 6) is 1.84. The van der Waals surface area contributed by atoms with Gasteiger partial charge in [0.2, 0.25) is 5.95 Å². The largest absolute Gasteiger partial charge is 0.378 e. The van der Waals surface area contributed by atoms with Gasteiger partial charge in [-0.3, -0.25) is 0 Å². The molecular weight excluding hydrogens is 530 g/mol. The molecule has 0 amide bonds. The maximum Gasteiger partial charge on any atom is 0.225 e. The predicted octanol–water partition coefficient (Wildman–Crippen LogP) is 6.61. The maximum absolute atomic E-state index is 5.62. The lowest BCUT2D eigenvalue weighted by Crippen LogP contribution is -2.42. The number of hydrogen-bond acceptors (Lipinski definition) is 8. The number of anilines is 4. The summed E-state index contributed by atoms with van der Waals surface area (Å²) >= 11 is 5.62. The van der Waals surface area contributed by atoms with Crippen LogP contribution in [-0.4, -0.2) is 55.4 Å². The molecular formula is C31H41N9S. The number of azo groups is 1. The summed E-state index contributed by atoms with van der Waals surface area (Å²) in [6.45, 7) is 0. The van der Waals surface area contributed by atoms with Gasteiger partial charge < -0.3 is 25.8 Å². The fourth-order valence-corrected chi connectivity index (χ4v) is 5.75. The van der Waals surface area contributed by atoms with Crippen LogP contribution in [0.15, 0.2) is 58.8 Å². The van der Waals surface area contributed by atoms with E-state index >= 15 is 0 Å². The second-order valence-electron chi connectivity index (χ2n) is 11.3. The van der Waals surface area contributed by atoms with Crippen LogP contribution in [0.2, 0.25) is 0 Å². The molecule has 0 aliphatic heterocycles. The lowest BCUT2D eigenvalue weighted by Gasteiger charge is -2.31. The molecule has 216 valence electrons. The molecule has 2 aromatic carbocycles. The van der Waals surface area contributed by atoms with E-state index in [1.54, 1.807) is 0 Å². The quantitative estimate of drug-likeness (QED) is 0.205. The van der Waals surface area contributed by atoms with Crippen molar-refractivity contribution in [3.63, 3.8) is 0 Å². The highest BCUT2D eigenvalue weighted by Crippen LogP contribution is 2.29. The Labute approximate surface area is 248 Å². The summed E-state index contributed by atoms with van der Waals surface area (Å²) in [6, 6.07) is 16.5. The molecule has 1 saturated carbocycles. The average molecular weight is 572 g/mol. The summed E-state index contributed by atoms with van der Waals surface area (Å²) < 4.78 is 0. The number of hydrogen-bond donors (Lipinski definition) is 3. The standard InChI is InChI=1S/C31H41N9S/c1-39(2)26-19-17-25(18-20-26)38-37-24-15-13-23(14-16-24)34-31(41)33-22-11-9-21(10-12-22)32-30-35-28-8-6-5-7-27(28)29(36-30)40(3)4/h13-22H,5-12H2,1-4H3,(H,32,35,36)(H2,33,34,41). The van der Waals surface area contributed by atoms with Gasteiger partial charge in [-0.25, -0.2) is 4.98 Å². The second kappa shape index (κ2) is 13.2. The molecule has 1 aromatic heterocycles. The van der Waals surface area contributed by atoms with Crippen LogP contribution in [0, 0.1) is 0 Å². The molecule has 1 fully saturated rings. The third kappa shape index (κ3) is 7.70. The van der Waals surface area contributed by atoms with E-state index in [9.17, 15) is 0 Å². The first-order valence-electron chi connectivity index (χ1n) is 14.5. The first-order chi connectivity index (χ1) is 19.8. The van der Waals surface area contributed by atoms with Gasteiger partial charge in [-0.15, -0.1) is 0 Å². The lowest BCUT2D eigenvalue weighted by molar-refractivity contribution is 0.387. The van der Waals surface area contributed by atoms with E-state index in [1.807, 2.05) is 62.6 Å². The van der Waals surface area contributed by atoms with Crippen LogP contribution in [0.1, 0.15) is 49.8 Å². The molecule has 3 N–H and O–H groups in total. The Hall–Kier alpha value is -3.79. The number of aromatic nitrogens is 2. The second-order valence-corrected chi connectivity index (χ2v) is 11.8. The van der Waals surface area contributed by atoms with Crippen LogP contribution in [-0.2, 0) is 12.8 Å². The predicted molar refractivity (Wildman–Crippen MR) is 173 cm³/mol. The molecule has 41 heavy (non-hydrogen) atoms. The summed E-state index contributed by atoms with van der Waals surface area (Å²) in [7, 11) is 8.18.